The first-order chi connectivity index (χ1) is 20.3. The summed E-state index contributed by atoms with van der Waals surface area (Å²) in [6, 6.07) is 11.9. The average Bonchev–Trinajstić information content (AvgIpc) is 3.52. The molecule has 1 fully saturated rings. The van der Waals surface area contributed by atoms with Crippen molar-refractivity contribution in [3.05, 3.63) is 54.5 Å². The van der Waals surface area contributed by atoms with E-state index in [-0.39, 0.29) is 23.9 Å². The average molecular weight is 619 g/mol. The van der Waals surface area contributed by atoms with Crippen molar-refractivity contribution in [3.8, 4) is 11.8 Å². The number of esters is 1. The molecular weight excluding hydrogens is 583 g/mol. The topological polar surface area (TPSA) is 213 Å². The second-order valence-electron chi connectivity index (χ2n) is 10.5. The van der Waals surface area contributed by atoms with Gasteiger partial charge in [-0.25, -0.2) is 14.1 Å². The highest BCUT2D eigenvalue weighted by Gasteiger charge is 2.58. The SMILES string of the molecule is COC(C)(C)CCOC(=O)[C@H](C)NP(=O)(OC[C@H]1O[C@@](C#N)(c2ccc3c(N)ncnn23)[C@H](O)[C@@H]1O)Oc1ccccc1. The first-order valence-corrected chi connectivity index (χ1v) is 14.9. The lowest BCUT2D eigenvalue weighted by Gasteiger charge is -2.26. The van der Waals surface area contributed by atoms with Crippen molar-refractivity contribution in [2.45, 2.75) is 62.7 Å². The van der Waals surface area contributed by atoms with Gasteiger partial charge in [-0.3, -0.25) is 9.32 Å². The molecule has 5 N–H and O–H groups in total. The Bertz CT molecular complexity index is 1510. The first kappa shape index (κ1) is 32.3. The summed E-state index contributed by atoms with van der Waals surface area (Å²) in [5, 5.41) is 38.7. The summed E-state index contributed by atoms with van der Waals surface area (Å²) >= 11 is 0. The maximum atomic E-state index is 13.9. The third-order valence-electron chi connectivity index (χ3n) is 7.07. The van der Waals surface area contributed by atoms with Crippen LogP contribution < -0.4 is 15.3 Å². The largest absolute Gasteiger partial charge is 0.464 e. The van der Waals surface area contributed by atoms with E-state index in [4.69, 9.17) is 29.0 Å². The van der Waals surface area contributed by atoms with E-state index in [1.165, 1.54) is 36.0 Å². The van der Waals surface area contributed by atoms with Gasteiger partial charge < -0.3 is 34.7 Å². The summed E-state index contributed by atoms with van der Waals surface area (Å²) in [4.78, 5) is 16.6. The van der Waals surface area contributed by atoms with Crippen molar-refractivity contribution in [3.63, 3.8) is 0 Å². The highest BCUT2D eigenvalue weighted by molar-refractivity contribution is 7.52. The lowest BCUT2D eigenvalue weighted by atomic mass is 9.92. The molecule has 2 aromatic heterocycles. The molecule has 0 amide bonds. The smallest absolute Gasteiger partial charge is 0.459 e. The third-order valence-corrected chi connectivity index (χ3v) is 8.71. The van der Waals surface area contributed by atoms with Gasteiger partial charge in [0.05, 0.1) is 24.5 Å². The summed E-state index contributed by atoms with van der Waals surface area (Å²) in [6.45, 7) is 4.56. The Morgan fingerprint density at radius 2 is 2.02 bits per heavy atom. The molecule has 0 radical (unpaired) electrons. The number of carbonyl (C=O) groups is 1. The number of nitrogens with one attached hydrogen (secondary N) is 1. The van der Waals surface area contributed by atoms with Crippen LogP contribution in [0.1, 0.15) is 32.9 Å². The van der Waals surface area contributed by atoms with Crippen LogP contribution >= 0.6 is 7.75 Å². The van der Waals surface area contributed by atoms with Crippen LogP contribution in [-0.4, -0.2) is 81.1 Å². The van der Waals surface area contributed by atoms with Crippen LogP contribution in [0.4, 0.5) is 5.82 Å². The Balaban J connectivity index is 1.51. The number of aromatic nitrogens is 3. The predicted molar refractivity (Wildman–Crippen MR) is 151 cm³/mol. The van der Waals surface area contributed by atoms with Gasteiger partial charge in [0, 0.05) is 13.5 Å². The van der Waals surface area contributed by atoms with E-state index < -0.39 is 55.9 Å². The van der Waals surface area contributed by atoms with Crippen LogP contribution in [0.2, 0.25) is 0 Å². The van der Waals surface area contributed by atoms with E-state index in [9.17, 15) is 24.8 Å². The van der Waals surface area contributed by atoms with Gasteiger partial charge in [-0.05, 0) is 45.0 Å². The van der Waals surface area contributed by atoms with Gasteiger partial charge in [0.25, 0.3) is 0 Å². The van der Waals surface area contributed by atoms with Crippen LogP contribution in [0.15, 0.2) is 48.8 Å². The number of carbonyl (C=O) groups excluding carboxylic acids is 1. The Morgan fingerprint density at radius 3 is 2.70 bits per heavy atom. The number of aliphatic hydroxyl groups is 2. The van der Waals surface area contributed by atoms with E-state index >= 15 is 0 Å². The fourth-order valence-electron chi connectivity index (χ4n) is 4.35. The maximum absolute atomic E-state index is 13.9. The molecule has 0 spiro atoms. The first-order valence-electron chi connectivity index (χ1n) is 13.4. The Morgan fingerprint density at radius 1 is 1.30 bits per heavy atom. The number of fused-ring (bicyclic) bond motifs is 1. The number of para-hydroxylation sites is 1. The van der Waals surface area contributed by atoms with Crippen molar-refractivity contribution in [1.29, 1.82) is 5.26 Å². The monoisotopic (exact) mass is 618 g/mol. The Labute approximate surface area is 248 Å². The van der Waals surface area contributed by atoms with Crippen molar-refractivity contribution in [1.82, 2.24) is 19.7 Å². The zero-order valence-electron chi connectivity index (χ0n) is 24.1. The number of nitrogen functional groups attached to an aromatic ring is 1. The Hall–Kier alpha value is -3.61. The van der Waals surface area contributed by atoms with Crippen molar-refractivity contribution >= 4 is 25.1 Å². The van der Waals surface area contributed by atoms with Gasteiger partial charge in [0.2, 0.25) is 5.60 Å². The minimum atomic E-state index is -4.35. The number of methoxy groups -OCH3 is 1. The molecule has 6 atom stereocenters. The summed E-state index contributed by atoms with van der Waals surface area (Å²) in [7, 11) is -2.80. The minimum absolute atomic E-state index is 0.0532. The number of aliphatic hydroxyl groups excluding tert-OH is 2. The molecule has 1 unspecified atom stereocenters. The quantitative estimate of drug-likeness (QED) is 0.159. The Kier molecular flexibility index (Phi) is 9.73. The van der Waals surface area contributed by atoms with Crippen molar-refractivity contribution in [2.75, 3.05) is 26.1 Å². The number of benzene rings is 1. The number of hydrogen-bond acceptors (Lipinski definition) is 13. The molecule has 1 aromatic carbocycles. The molecule has 1 saturated heterocycles. The molecule has 0 saturated carbocycles. The molecule has 1 aliphatic heterocycles. The number of anilines is 1. The van der Waals surface area contributed by atoms with E-state index in [1.807, 2.05) is 19.9 Å². The third kappa shape index (κ3) is 6.97. The molecular formula is C27H35N6O9P. The summed E-state index contributed by atoms with van der Waals surface area (Å²) < 4.78 is 43.0. The number of rotatable bonds is 13. The summed E-state index contributed by atoms with van der Waals surface area (Å²) in [5.74, 6) is -0.427. The summed E-state index contributed by atoms with van der Waals surface area (Å²) in [6.07, 6.45) is -3.17. The zero-order valence-corrected chi connectivity index (χ0v) is 25.0. The molecule has 3 heterocycles. The van der Waals surface area contributed by atoms with Crippen molar-refractivity contribution < 1.29 is 42.8 Å². The molecule has 43 heavy (non-hydrogen) atoms. The second kappa shape index (κ2) is 12.9. The van der Waals surface area contributed by atoms with Gasteiger partial charge in [0.1, 0.15) is 48.0 Å². The fraction of sp³-hybridized carbons (Fsp3) is 0.481. The van der Waals surface area contributed by atoms with Gasteiger partial charge in [-0.1, -0.05) is 18.2 Å². The second-order valence-corrected chi connectivity index (χ2v) is 12.2. The number of nitriles is 1. The van der Waals surface area contributed by atoms with Gasteiger partial charge in [-0.2, -0.15) is 15.4 Å². The van der Waals surface area contributed by atoms with Crippen LogP contribution in [0.25, 0.3) is 5.52 Å². The molecule has 15 nitrogen and oxygen atoms in total. The number of nitrogens with zero attached hydrogens (tertiary/aromatic N) is 4. The maximum Gasteiger partial charge on any atom is 0.459 e. The van der Waals surface area contributed by atoms with Crippen molar-refractivity contribution in [2.24, 2.45) is 0 Å². The van der Waals surface area contributed by atoms with Crippen LogP contribution in [-0.2, 0) is 33.7 Å². The molecule has 1 aliphatic rings. The molecule has 4 rings (SSSR count). The molecule has 3 aromatic rings. The van der Waals surface area contributed by atoms with E-state index in [0.29, 0.717) is 11.9 Å². The number of hydrogen-bond donors (Lipinski definition) is 4. The van der Waals surface area contributed by atoms with E-state index in [2.05, 4.69) is 15.2 Å². The normalized spacial score (nSPS) is 24.3. The lowest BCUT2D eigenvalue weighted by Crippen LogP contribution is -2.41. The molecule has 16 heteroatoms. The summed E-state index contributed by atoms with van der Waals surface area (Å²) in [5.41, 5.74) is 3.74. The predicted octanol–water partition coefficient (Wildman–Crippen LogP) is 1.69. The van der Waals surface area contributed by atoms with E-state index in [1.54, 1.807) is 31.4 Å². The van der Waals surface area contributed by atoms with Crippen LogP contribution in [0, 0.1) is 11.3 Å². The highest BCUT2D eigenvalue weighted by Crippen LogP contribution is 2.47. The molecule has 232 valence electrons. The molecule has 0 bridgehead atoms. The minimum Gasteiger partial charge on any atom is -0.464 e. The highest BCUT2D eigenvalue weighted by atomic mass is 31.2. The standard InChI is InChI=1S/C27H35N6O9P/c1-17(25(36)39-13-12-26(2,3)38-4)32-43(37,42-18-8-6-5-7-9-18)40-14-20-22(34)23(35)27(15-28,41-20)21-11-10-19-24(29)30-16-31-33(19)21/h5-11,16-17,20,22-23,34-35H,12-14H2,1-4H3,(H,32,37)(H2,29,30,31)/t17-,20+,22+,23+,27-,43?/m0/s1. The molecule has 0 aliphatic carbocycles. The van der Waals surface area contributed by atoms with Gasteiger partial charge >= 0.3 is 13.7 Å². The zero-order chi connectivity index (χ0) is 31.4. The van der Waals surface area contributed by atoms with Gasteiger partial charge in [0.15, 0.2) is 5.82 Å². The van der Waals surface area contributed by atoms with Crippen LogP contribution in [0.5, 0.6) is 5.75 Å². The van der Waals surface area contributed by atoms with E-state index in [0.717, 1.165) is 0 Å². The number of nitrogens with two attached hydrogens (primary N) is 1. The van der Waals surface area contributed by atoms with Gasteiger partial charge in [-0.15, -0.1) is 0 Å². The lowest BCUT2D eigenvalue weighted by molar-refractivity contribution is -0.146. The fourth-order valence-corrected chi connectivity index (χ4v) is 5.85. The van der Waals surface area contributed by atoms with Crippen LogP contribution in [0.3, 0.4) is 0 Å². The number of ether oxygens (including phenoxy) is 3.